The minimum atomic E-state index is -0.982. The minimum absolute atomic E-state index is 0.0259. The molecule has 0 bridgehead atoms. The topological polar surface area (TPSA) is 50.4 Å². The molecule has 1 aromatic rings. The maximum atomic E-state index is 13.2. The summed E-state index contributed by atoms with van der Waals surface area (Å²) < 4.78 is 30.9. The molecule has 6 heteroatoms. The van der Waals surface area contributed by atoms with E-state index in [4.69, 9.17) is 4.74 Å². The Hall–Kier alpha value is -1.69. The molecule has 1 aromatic carbocycles. The molecule has 0 aliphatic carbocycles. The molecular formula is C12H16F2N2O2. The van der Waals surface area contributed by atoms with Crippen molar-refractivity contribution in [2.24, 2.45) is 0 Å². The number of benzene rings is 1. The summed E-state index contributed by atoms with van der Waals surface area (Å²) >= 11 is 0. The fourth-order valence-corrected chi connectivity index (χ4v) is 1.32. The molecule has 4 nitrogen and oxygen atoms in total. The van der Waals surface area contributed by atoms with Crippen molar-refractivity contribution in [3.63, 3.8) is 0 Å². The van der Waals surface area contributed by atoms with Crippen LogP contribution in [0.2, 0.25) is 0 Å². The predicted octanol–water partition coefficient (Wildman–Crippen LogP) is 1.53. The highest BCUT2D eigenvalue weighted by Crippen LogP contribution is 2.15. The van der Waals surface area contributed by atoms with Gasteiger partial charge < -0.3 is 15.4 Å². The van der Waals surface area contributed by atoms with Gasteiger partial charge in [-0.3, -0.25) is 4.79 Å². The molecule has 0 atom stereocenters. The van der Waals surface area contributed by atoms with Crippen LogP contribution in [0.3, 0.4) is 0 Å². The van der Waals surface area contributed by atoms with Crippen LogP contribution in [-0.4, -0.2) is 32.7 Å². The number of hydrogen-bond acceptors (Lipinski definition) is 3. The van der Waals surface area contributed by atoms with Gasteiger partial charge in [-0.2, -0.15) is 0 Å². The van der Waals surface area contributed by atoms with Crippen LogP contribution in [0.25, 0.3) is 0 Å². The van der Waals surface area contributed by atoms with E-state index in [0.717, 1.165) is 6.07 Å². The number of halogens is 2. The van der Waals surface area contributed by atoms with E-state index in [0.29, 0.717) is 19.6 Å². The number of nitrogens with one attached hydrogen (secondary N) is 2. The third-order valence-electron chi connectivity index (χ3n) is 2.24. The molecule has 0 spiro atoms. The van der Waals surface area contributed by atoms with E-state index in [-0.39, 0.29) is 18.1 Å². The largest absolute Gasteiger partial charge is 0.385 e. The second-order valence-electron chi connectivity index (χ2n) is 3.65. The molecule has 1 amide bonds. The molecule has 1 rings (SSSR count). The third-order valence-corrected chi connectivity index (χ3v) is 2.24. The van der Waals surface area contributed by atoms with E-state index >= 15 is 0 Å². The van der Waals surface area contributed by atoms with Crippen molar-refractivity contribution in [1.29, 1.82) is 0 Å². The van der Waals surface area contributed by atoms with Crippen molar-refractivity contribution >= 4 is 11.6 Å². The molecular weight excluding hydrogens is 242 g/mol. The van der Waals surface area contributed by atoms with Crippen molar-refractivity contribution in [2.45, 2.75) is 6.42 Å². The first-order valence-electron chi connectivity index (χ1n) is 5.58. The summed E-state index contributed by atoms with van der Waals surface area (Å²) in [6.07, 6.45) is 0.705. The van der Waals surface area contributed by atoms with Crippen LogP contribution < -0.4 is 10.6 Å². The lowest BCUT2D eigenvalue weighted by Crippen LogP contribution is -2.31. The summed E-state index contributed by atoms with van der Waals surface area (Å²) in [7, 11) is 1.58. The van der Waals surface area contributed by atoms with Crippen LogP contribution in [0, 0.1) is 11.6 Å². The predicted molar refractivity (Wildman–Crippen MR) is 64.4 cm³/mol. The SMILES string of the molecule is COCCCNC(=O)CNc1cccc(F)c1F. The van der Waals surface area contributed by atoms with Crippen molar-refractivity contribution in [3.05, 3.63) is 29.8 Å². The fraction of sp³-hybridized carbons (Fsp3) is 0.417. The molecule has 0 saturated heterocycles. The average Bonchev–Trinajstić information content (AvgIpc) is 2.36. The molecule has 2 N–H and O–H groups in total. The zero-order valence-corrected chi connectivity index (χ0v) is 10.1. The quantitative estimate of drug-likeness (QED) is 0.729. The Kier molecular flexibility index (Phi) is 6.07. The fourth-order valence-electron chi connectivity index (χ4n) is 1.32. The summed E-state index contributed by atoms with van der Waals surface area (Å²) in [6, 6.07) is 3.76. The number of hydrogen-bond donors (Lipinski definition) is 2. The second kappa shape index (κ2) is 7.60. The van der Waals surface area contributed by atoms with Gasteiger partial charge in [-0.1, -0.05) is 6.07 Å². The molecule has 100 valence electrons. The van der Waals surface area contributed by atoms with Crippen LogP contribution >= 0.6 is 0 Å². The van der Waals surface area contributed by atoms with Crippen LogP contribution in [0.1, 0.15) is 6.42 Å². The number of carbonyl (C=O) groups excluding carboxylic acids is 1. The molecule has 0 heterocycles. The number of methoxy groups -OCH3 is 1. The number of carbonyl (C=O) groups is 1. The number of rotatable bonds is 7. The van der Waals surface area contributed by atoms with Crippen LogP contribution in [0.5, 0.6) is 0 Å². The zero-order chi connectivity index (χ0) is 13.4. The Morgan fingerprint density at radius 2 is 2.17 bits per heavy atom. The Morgan fingerprint density at radius 1 is 1.39 bits per heavy atom. The van der Waals surface area contributed by atoms with Gasteiger partial charge in [-0.25, -0.2) is 8.78 Å². The smallest absolute Gasteiger partial charge is 0.239 e. The first-order chi connectivity index (χ1) is 8.65. The van der Waals surface area contributed by atoms with Gasteiger partial charge in [0.2, 0.25) is 5.91 Å². The molecule has 0 radical (unpaired) electrons. The van der Waals surface area contributed by atoms with Crippen molar-refractivity contribution in [2.75, 3.05) is 32.1 Å². The average molecular weight is 258 g/mol. The summed E-state index contributed by atoms with van der Waals surface area (Å²) in [5.74, 6) is -2.21. The monoisotopic (exact) mass is 258 g/mol. The lowest BCUT2D eigenvalue weighted by Gasteiger charge is -2.08. The van der Waals surface area contributed by atoms with Crippen LogP contribution in [0.4, 0.5) is 14.5 Å². The molecule has 0 saturated carbocycles. The van der Waals surface area contributed by atoms with E-state index < -0.39 is 11.6 Å². The van der Waals surface area contributed by atoms with E-state index in [9.17, 15) is 13.6 Å². The number of anilines is 1. The Balaban J connectivity index is 2.32. The standard InChI is InChI=1S/C12H16F2N2O2/c1-18-7-3-6-15-11(17)8-16-10-5-2-4-9(13)12(10)14/h2,4-5,16H,3,6-8H2,1H3,(H,15,17). The molecule has 18 heavy (non-hydrogen) atoms. The highest BCUT2D eigenvalue weighted by atomic mass is 19.2. The second-order valence-corrected chi connectivity index (χ2v) is 3.65. The number of amides is 1. The lowest BCUT2D eigenvalue weighted by molar-refractivity contribution is -0.119. The van der Waals surface area contributed by atoms with Crippen LogP contribution in [-0.2, 0) is 9.53 Å². The summed E-state index contributed by atoms with van der Waals surface area (Å²) in [5, 5.41) is 5.16. The molecule has 0 aliphatic heterocycles. The first-order valence-corrected chi connectivity index (χ1v) is 5.58. The Bertz CT molecular complexity index is 400. The van der Waals surface area contributed by atoms with Gasteiger partial charge in [0.1, 0.15) is 0 Å². The number of ether oxygens (including phenoxy) is 1. The molecule has 0 fully saturated rings. The normalized spacial score (nSPS) is 10.2. The van der Waals surface area contributed by atoms with Crippen molar-refractivity contribution in [3.8, 4) is 0 Å². The van der Waals surface area contributed by atoms with E-state index in [1.165, 1.54) is 12.1 Å². The van der Waals surface area contributed by atoms with Crippen molar-refractivity contribution in [1.82, 2.24) is 5.32 Å². The van der Waals surface area contributed by atoms with Crippen LogP contribution in [0.15, 0.2) is 18.2 Å². The van der Waals surface area contributed by atoms with E-state index in [1.807, 2.05) is 0 Å². The van der Waals surface area contributed by atoms with Gasteiger partial charge in [0.15, 0.2) is 11.6 Å². The van der Waals surface area contributed by atoms with Gasteiger partial charge in [0.05, 0.1) is 12.2 Å². The molecule has 0 aromatic heterocycles. The summed E-state index contributed by atoms with van der Waals surface area (Å²) in [4.78, 5) is 11.3. The highest BCUT2D eigenvalue weighted by Gasteiger charge is 2.08. The third kappa shape index (κ3) is 4.67. The molecule has 0 aliphatic rings. The maximum absolute atomic E-state index is 13.2. The lowest BCUT2D eigenvalue weighted by atomic mass is 10.3. The summed E-state index contributed by atoms with van der Waals surface area (Å²) in [5.41, 5.74) is -0.0259. The van der Waals surface area contributed by atoms with Gasteiger partial charge in [-0.05, 0) is 18.6 Å². The van der Waals surface area contributed by atoms with Crippen molar-refractivity contribution < 1.29 is 18.3 Å². The maximum Gasteiger partial charge on any atom is 0.239 e. The first kappa shape index (κ1) is 14.4. The van der Waals surface area contributed by atoms with Gasteiger partial charge in [-0.15, -0.1) is 0 Å². The zero-order valence-electron chi connectivity index (χ0n) is 10.1. The Labute approximate surface area is 104 Å². The van der Waals surface area contributed by atoms with Gasteiger partial charge >= 0.3 is 0 Å². The molecule has 0 unspecified atom stereocenters. The van der Waals surface area contributed by atoms with Gasteiger partial charge in [0, 0.05) is 20.3 Å². The van der Waals surface area contributed by atoms with E-state index in [2.05, 4.69) is 10.6 Å². The highest BCUT2D eigenvalue weighted by molar-refractivity contribution is 5.80. The van der Waals surface area contributed by atoms with E-state index in [1.54, 1.807) is 7.11 Å². The Morgan fingerprint density at radius 3 is 2.89 bits per heavy atom. The minimum Gasteiger partial charge on any atom is -0.385 e. The summed E-state index contributed by atoms with van der Waals surface area (Å²) in [6.45, 7) is 0.944. The van der Waals surface area contributed by atoms with Gasteiger partial charge in [0.25, 0.3) is 0 Å².